The van der Waals surface area contributed by atoms with Gasteiger partial charge in [0, 0.05) is 124 Å². The number of H-pyrrole nitrogens is 1. The number of unbranched alkanes of at least 4 members (excludes halogenated alkanes) is 1. The maximum Gasteiger partial charge on any atom is 0.337 e. The maximum absolute atomic E-state index is 14.1. The highest BCUT2D eigenvalue weighted by molar-refractivity contribution is 5.98. The van der Waals surface area contributed by atoms with Crippen molar-refractivity contribution in [3.8, 4) is 34.4 Å². The van der Waals surface area contributed by atoms with Crippen LogP contribution < -0.4 is 69.4 Å². The first kappa shape index (κ1) is 113. The van der Waals surface area contributed by atoms with E-state index in [1.807, 2.05) is 66.9 Å². The molecule has 11 rings (SSSR count). The molecule has 0 bridgehead atoms. The van der Waals surface area contributed by atoms with Crippen LogP contribution in [0.5, 0.6) is 5.75 Å². The van der Waals surface area contributed by atoms with E-state index in [2.05, 4.69) is 70.8 Å². The summed E-state index contributed by atoms with van der Waals surface area (Å²) in [5.74, 6) is 2.83. The number of aromatic amines is 1. The summed E-state index contributed by atoms with van der Waals surface area (Å²) in [4.78, 5) is 149. The molecule has 42 heteroatoms. The Bertz CT molecular complexity index is 5600. The van der Waals surface area contributed by atoms with E-state index in [4.69, 9.17) is 91.9 Å². The number of hydrogen-bond acceptors (Lipinski definition) is 31. The van der Waals surface area contributed by atoms with Crippen molar-refractivity contribution in [2.75, 3.05) is 237 Å². The van der Waals surface area contributed by atoms with E-state index >= 15 is 0 Å². The number of ether oxygens (including phenoxy) is 15. The second-order valence-corrected chi connectivity index (χ2v) is 35.4. The molecule has 2 aliphatic heterocycles. The van der Waals surface area contributed by atoms with Crippen LogP contribution in [0, 0.1) is 11.8 Å². The zero-order valence-corrected chi connectivity index (χ0v) is 83.5. The minimum atomic E-state index is -1.41. The summed E-state index contributed by atoms with van der Waals surface area (Å²) in [6.45, 7) is 14.2. The van der Waals surface area contributed by atoms with Gasteiger partial charge in [-0.25, -0.2) is 19.3 Å². The summed E-state index contributed by atoms with van der Waals surface area (Å²) in [6, 6.07) is 31.1. The van der Waals surface area contributed by atoms with E-state index in [0.717, 1.165) is 83.8 Å². The lowest BCUT2D eigenvalue weighted by atomic mass is 9.87. The van der Waals surface area contributed by atoms with Crippen molar-refractivity contribution in [2.45, 2.75) is 132 Å². The summed E-state index contributed by atoms with van der Waals surface area (Å²) in [7, 11) is 4.81. The van der Waals surface area contributed by atoms with Crippen molar-refractivity contribution >= 4 is 69.2 Å². The van der Waals surface area contributed by atoms with E-state index in [0.29, 0.717) is 229 Å². The predicted octanol–water partition coefficient (Wildman–Crippen LogP) is 3.51. The Kier molecular flexibility index (Phi) is 48.7. The Labute approximate surface area is 843 Å². The van der Waals surface area contributed by atoms with Gasteiger partial charge in [-0.3, -0.25) is 47.7 Å². The molecule has 2 saturated heterocycles. The zero-order valence-electron chi connectivity index (χ0n) is 83.5. The van der Waals surface area contributed by atoms with Gasteiger partial charge in [-0.2, -0.15) is 0 Å². The topological polar surface area (TPSA) is 502 Å². The molecule has 3 fully saturated rings. The van der Waals surface area contributed by atoms with Crippen LogP contribution in [0.2, 0.25) is 0 Å². The molecule has 790 valence electrons. The number of aliphatic carboxylic acids is 1. The van der Waals surface area contributed by atoms with Crippen molar-refractivity contribution in [3.63, 3.8) is 0 Å². The van der Waals surface area contributed by atoms with Gasteiger partial charge in [0.25, 0.3) is 11.1 Å². The van der Waals surface area contributed by atoms with E-state index in [9.17, 15) is 47.9 Å². The number of piperidine rings is 2. The van der Waals surface area contributed by atoms with E-state index in [1.54, 1.807) is 67.4 Å². The Morgan fingerprint density at radius 2 is 1.18 bits per heavy atom. The molecule has 4 aromatic heterocycles. The molecule has 4 aromatic carbocycles. The van der Waals surface area contributed by atoms with Crippen molar-refractivity contribution in [1.29, 1.82) is 0 Å². The molecule has 11 N–H and O–H groups in total. The highest BCUT2D eigenvalue weighted by Gasteiger charge is 2.45. The first-order chi connectivity index (χ1) is 70.6. The van der Waals surface area contributed by atoms with Gasteiger partial charge < -0.3 is 138 Å². The first-order valence-electron chi connectivity index (χ1n) is 49.7. The second kappa shape index (κ2) is 62.2. The van der Waals surface area contributed by atoms with Crippen molar-refractivity contribution in [2.24, 2.45) is 12.8 Å². The number of likely N-dealkylation sites (tertiary alicyclic amines) is 1. The fraction of sp³-hybridized carbons (Fsp3) is 0.553. The van der Waals surface area contributed by atoms with Gasteiger partial charge in [0.1, 0.15) is 30.7 Å². The number of nitrogens with zero attached hydrogens (tertiary/aromatic N) is 7. The number of hydrogen-bond donors (Lipinski definition) is 10. The third-order valence-electron chi connectivity index (χ3n) is 24.6. The number of carbonyl (C=O) groups excluding carboxylic acids is 6. The molecule has 145 heavy (non-hydrogen) atoms. The monoisotopic (exact) mass is 2020 g/mol. The summed E-state index contributed by atoms with van der Waals surface area (Å²) in [6.07, 6.45) is 10.5. The Balaban J connectivity index is 0.585. The largest absolute Gasteiger partial charge is 0.495 e. The number of nitrogens with one attached hydrogen (secondary N) is 8. The molecule has 42 nitrogen and oxygen atoms in total. The number of anilines is 1. The van der Waals surface area contributed by atoms with E-state index in [1.165, 1.54) is 23.9 Å². The number of carboxylic acid groups (broad SMARTS) is 1. The van der Waals surface area contributed by atoms with Crippen molar-refractivity contribution < 1.29 is 110 Å². The van der Waals surface area contributed by atoms with Gasteiger partial charge in [0.15, 0.2) is 5.60 Å². The van der Waals surface area contributed by atoms with Gasteiger partial charge in [-0.05, 0) is 118 Å². The molecule has 3 atom stereocenters. The molecule has 8 aromatic rings. The normalized spacial score (nSPS) is 14.6. The predicted molar refractivity (Wildman–Crippen MR) is 538 cm³/mol. The lowest BCUT2D eigenvalue weighted by Crippen LogP contribution is -2.55. The highest BCUT2D eigenvalue weighted by atomic mass is 16.6. The number of benzene rings is 4. The SMILES string of the molecule is COCCOCCOCCOCCOCCOCCOCCOCCOCCOCCOCCOCCC(=O)NCCCC[C@H](N)C(=O)NCC(=O)N[C@@H](Cc1ccccc1)C(=O)NCC(=O)NCOC[C@](OC1CC1)(c1ccccc1)c1nc(N2CCC(N3CCC(C)(NCC#Cc4ccc(OC)c(-n5ccc(=O)n(CNC(=O)CCC(=O)O)c5=O)c4)CC3)CC2)nc2ccc(-c3cn(C)c(=O)c4[nH]ccc34)cc12. The van der Waals surface area contributed by atoms with Gasteiger partial charge >= 0.3 is 11.7 Å². The molecule has 3 aliphatic rings. The van der Waals surface area contributed by atoms with Crippen molar-refractivity contribution in [3.05, 3.63) is 181 Å². The Morgan fingerprint density at radius 3 is 1.78 bits per heavy atom. The number of methoxy groups -OCH3 is 2. The minimum Gasteiger partial charge on any atom is -0.495 e. The third kappa shape index (κ3) is 38.2. The van der Waals surface area contributed by atoms with Crippen LogP contribution in [0.3, 0.4) is 0 Å². The first-order valence-corrected chi connectivity index (χ1v) is 49.7. The second-order valence-electron chi connectivity index (χ2n) is 35.4. The van der Waals surface area contributed by atoms with E-state index < -0.39 is 90.6 Å². The number of pyridine rings is 1. The Morgan fingerprint density at radius 1 is 0.593 bits per heavy atom. The molecular weight excluding hydrogens is 1880 g/mol. The van der Waals surface area contributed by atoms with Crippen LogP contribution in [-0.4, -0.2) is 342 Å². The summed E-state index contributed by atoms with van der Waals surface area (Å²) in [5, 5.41) is 30.2. The Hall–Kier alpha value is -11.8. The molecular formula is C103H142N16O26. The number of nitrogens with two attached hydrogens (primary N) is 1. The van der Waals surface area contributed by atoms with Gasteiger partial charge in [0.2, 0.25) is 41.4 Å². The molecule has 6 amide bonds. The van der Waals surface area contributed by atoms with E-state index in [-0.39, 0.29) is 74.8 Å². The third-order valence-corrected chi connectivity index (χ3v) is 24.6. The molecule has 0 spiro atoms. The number of carbonyl (C=O) groups is 7. The lowest BCUT2D eigenvalue weighted by molar-refractivity contribution is -0.139. The van der Waals surface area contributed by atoms with Crippen molar-refractivity contribution in [1.82, 2.24) is 70.8 Å². The summed E-state index contributed by atoms with van der Waals surface area (Å²) >= 11 is 0. The smallest absolute Gasteiger partial charge is 0.337 e. The molecule has 0 unspecified atom stereocenters. The summed E-state index contributed by atoms with van der Waals surface area (Å²) in [5.41, 5.74) is 8.64. The maximum atomic E-state index is 14.1. The quantitative estimate of drug-likeness (QED) is 0.0148. The number of aromatic nitrogens is 6. The fourth-order valence-electron chi connectivity index (χ4n) is 16.4. The van der Waals surface area contributed by atoms with Gasteiger partial charge in [-0.1, -0.05) is 78.6 Å². The van der Waals surface area contributed by atoms with Crippen LogP contribution in [0.4, 0.5) is 5.95 Å². The fourth-order valence-corrected chi connectivity index (χ4v) is 16.4. The lowest BCUT2D eigenvalue weighted by Gasteiger charge is -2.45. The standard InChI is InChI=1S/C103H142N16O26/c1-102(111-36-13-16-76-20-25-88(132-4)87(67-76)118-40-31-93(124)119(101(118)130)73-109-89(120)26-27-94(125)126)33-41-116(42-34-102)79-29-38-117(39-30-79)100-113-85-24-21-77(83-71-115(2)99(129)95-81(83)28-37-106-95)68-82(85)96(114-100)103(145-80-22-23-80,78-17-9-6-10-18-78)72-144-74-110-91(122)69-108-98(128)86(66-75-14-7-5-8-15-75)112-92(123)70-107-97(127)84(104)19-11-12-35-105-90(121)32-43-133-46-47-135-50-51-137-54-55-139-58-59-141-62-63-143-65-64-142-61-60-140-57-56-138-53-52-136-49-48-134-45-44-131-3/h5-10,14-15,17-18,20-21,24-25,28,31,37,40,67-68,71,79-80,84,86,106,111H,11-12,19,22-23,26-27,29-30,32-36,38-39,41-66,69-70,72-74,104H2,1-4H3,(H,105,121)(H,107,127)(H,108,128)(H,109,120)(H,110,122)(H,112,123)(H,125,126)/t84-,86-,103-/m0/s1. The molecule has 0 radical (unpaired) electrons. The zero-order chi connectivity index (χ0) is 103. The number of aryl methyl sites for hydroxylation is 1. The van der Waals surface area contributed by atoms with Crippen LogP contribution in [0.25, 0.3) is 38.6 Å². The van der Waals surface area contributed by atoms with Crippen LogP contribution in [-0.2, 0) is 126 Å². The number of amides is 6. The molecule has 1 saturated carbocycles. The van der Waals surface area contributed by atoms with Crippen LogP contribution in [0.1, 0.15) is 106 Å². The minimum absolute atomic E-state index is 0.0550. The average molecular weight is 2020 g/mol. The van der Waals surface area contributed by atoms with Crippen LogP contribution in [0.15, 0.2) is 142 Å². The molecule has 1 aliphatic carbocycles. The highest BCUT2D eigenvalue weighted by Crippen LogP contribution is 2.44. The summed E-state index contributed by atoms with van der Waals surface area (Å²) < 4.78 is 88.6. The van der Waals surface area contributed by atoms with Gasteiger partial charge in [-0.15, -0.1) is 0 Å². The van der Waals surface area contributed by atoms with Gasteiger partial charge in [0.05, 0.1) is 221 Å². The number of fused-ring (bicyclic) bond motifs is 2. The number of carboxylic acids is 1. The molecule has 6 heterocycles. The number of rotatable bonds is 70. The average Bonchev–Trinajstić information content (AvgIpc) is 1.45. The van der Waals surface area contributed by atoms with Crippen LogP contribution >= 0.6 is 0 Å².